The standard InChI is InChI=1S/C8H18O2.C5H11.Y/c1-8(2,3)4-6-10-7-5-9;1-5(2,3)4;/h9H,4-7H2,1-3H3;1H2,2-4H3;/q;-1;. The quantitative estimate of drug-likeness (QED) is 0.638. The second kappa shape index (κ2) is 11.1. The van der Waals surface area contributed by atoms with Crippen LogP contribution in [-0.2, 0) is 37.4 Å². The van der Waals surface area contributed by atoms with Crippen molar-refractivity contribution in [1.82, 2.24) is 0 Å². The fraction of sp³-hybridized carbons (Fsp3) is 0.923. The number of hydrogen-bond donors (Lipinski definition) is 1. The van der Waals surface area contributed by atoms with Gasteiger partial charge >= 0.3 is 0 Å². The van der Waals surface area contributed by atoms with Crippen LogP contribution in [0.15, 0.2) is 0 Å². The van der Waals surface area contributed by atoms with E-state index in [2.05, 4.69) is 48.5 Å². The third-order valence-corrected chi connectivity index (χ3v) is 1.23. The Hall–Kier alpha value is 1.02. The molecule has 0 atom stereocenters. The summed E-state index contributed by atoms with van der Waals surface area (Å²) in [6.07, 6.45) is 1.05. The second-order valence-corrected chi connectivity index (χ2v) is 6.21. The molecule has 1 N–H and O–H groups in total. The van der Waals surface area contributed by atoms with Crippen LogP contribution in [0.5, 0.6) is 0 Å². The molecular weight excluding hydrogens is 277 g/mol. The van der Waals surface area contributed by atoms with Gasteiger partial charge in [-0.1, -0.05) is 41.5 Å². The zero-order chi connectivity index (χ0) is 12.5. The van der Waals surface area contributed by atoms with Crippen molar-refractivity contribution in [1.29, 1.82) is 0 Å². The Balaban J connectivity index is -0.000000242. The molecule has 0 aliphatic rings. The molecule has 97 valence electrons. The smallest absolute Gasteiger partial charge is 0.0697 e. The third-order valence-electron chi connectivity index (χ3n) is 1.23. The minimum Gasteiger partial charge on any atom is -0.394 e. The summed E-state index contributed by atoms with van der Waals surface area (Å²) in [5.74, 6) is 0. The van der Waals surface area contributed by atoms with Gasteiger partial charge < -0.3 is 16.8 Å². The molecule has 16 heavy (non-hydrogen) atoms. The molecule has 0 aromatic rings. The van der Waals surface area contributed by atoms with Crippen molar-refractivity contribution < 1.29 is 42.6 Å². The van der Waals surface area contributed by atoms with Gasteiger partial charge in [0.1, 0.15) is 0 Å². The number of rotatable bonds is 4. The summed E-state index contributed by atoms with van der Waals surface area (Å²) < 4.78 is 5.11. The van der Waals surface area contributed by atoms with E-state index < -0.39 is 0 Å². The van der Waals surface area contributed by atoms with E-state index in [4.69, 9.17) is 9.84 Å². The van der Waals surface area contributed by atoms with Crippen LogP contribution in [0, 0.1) is 17.8 Å². The van der Waals surface area contributed by atoms with E-state index in [0.29, 0.717) is 12.0 Å². The maximum atomic E-state index is 8.37. The Morgan fingerprint density at radius 2 is 1.38 bits per heavy atom. The summed E-state index contributed by atoms with van der Waals surface area (Å²) in [7, 11) is 0. The molecule has 2 nitrogen and oxygen atoms in total. The normalized spacial score (nSPS) is 11.2. The van der Waals surface area contributed by atoms with E-state index in [0.717, 1.165) is 13.0 Å². The van der Waals surface area contributed by atoms with Crippen LogP contribution in [0.1, 0.15) is 48.0 Å². The zero-order valence-electron chi connectivity index (χ0n) is 12.0. The molecule has 0 spiro atoms. The molecule has 0 amide bonds. The number of aliphatic hydroxyl groups excluding tert-OH is 1. The molecule has 0 aromatic carbocycles. The molecule has 0 bridgehead atoms. The van der Waals surface area contributed by atoms with Gasteiger partial charge in [0.25, 0.3) is 0 Å². The van der Waals surface area contributed by atoms with E-state index in [9.17, 15) is 0 Å². The van der Waals surface area contributed by atoms with Gasteiger partial charge in [-0.05, 0) is 11.8 Å². The third kappa shape index (κ3) is 45.9. The van der Waals surface area contributed by atoms with E-state index >= 15 is 0 Å². The van der Waals surface area contributed by atoms with E-state index in [-0.39, 0.29) is 44.7 Å². The van der Waals surface area contributed by atoms with Gasteiger partial charge in [-0.3, -0.25) is 0 Å². The first-order valence-corrected chi connectivity index (χ1v) is 5.60. The van der Waals surface area contributed by atoms with Gasteiger partial charge in [0.05, 0.1) is 13.2 Å². The Kier molecular flexibility index (Phi) is 15.5. The molecule has 0 saturated carbocycles. The fourth-order valence-corrected chi connectivity index (χ4v) is 0.545. The van der Waals surface area contributed by atoms with Gasteiger partial charge in [-0.25, -0.2) is 0 Å². The average Bonchev–Trinajstić information content (AvgIpc) is 1.93. The molecule has 0 rings (SSSR count). The van der Waals surface area contributed by atoms with E-state index in [1.54, 1.807) is 0 Å². The van der Waals surface area contributed by atoms with Crippen molar-refractivity contribution >= 4 is 0 Å². The van der Waals surface area contributed by atoms with Crippen molar-refractivity contribution in [2.24, 2.45) is 10.8 Å². The molecule has 3 heteroatoms. The number of aliphatic hydroxyl groups is 1. The predicted molar refractivity (Wildman–Crippen MR) is 66.8 cm³/mol. The number of hydrogen-bond acceptors (Lipinski definition) is 2. The molecule has 0 fully saturated rings. The van der Waals surface area contributed by atoms with Crippen LogP contribution >= 0.6 is 0 Å². The van der Waals surface area contributed by atoms with Crippen LogP contribution in [-0.4, -0.2) is 24.9 Å². The SMILES string of the molecule is CC(C)(C)CCOCCO.[CH2-]C(C)(C)C.[Y]. The van der Waals surface area contributed by atoms with Crippen molar-refractivity contribution in [3.8, 4) is 0 Å². The minimum atomic E-state index is 0. The van der Waals surface area contributed by atoms with Gasteiger partial charge in [0.2, 0.25) is 0 Å². The molecule has 0 heterocycles. The summed E-state index contributed by atoms with van der Waals surface area (Å²) in [6.45, 7) is 17.9. The Labute approximate surface area is 127 Å². The summed E-state index contributed by atoms with van der Waals surface area (Å²) in [5, 5.41) is 8.37. The summed E-state index contributed by atoms with van der Waals surface area (Å²) in [6, 6.07) is 0. The van der Waals surface area contributed by atoms with Crippen molar-refractivity contribution in [2.75, 3.05) is 19.8 Å². The monoisotopic (exact) mass is 306 g/mol. The summed E-state index contributed by atoms with van der Waals surface area (Å²) >= 11 is 0. The molecule has 1 radical (unpaired) electrons. The molecule has 0 saturated heterocycles. The fourth-order valence-electron chi connectivity index (χ4n) is 0.545. The minimum absolute atomic E-state index is 0. The van der Waals surface area contributed by atoms with Crippen LogP contribution in [0.25, 0.3) is 0 Å². The first kappa shape index (κ1) is 22.2. The summed E-state index contributed by atoms with van der Waals surface area (Å²) in [4.78, 5) is 0. The first-order valence-electron chi connectivity index (χ1n) is 5.60. The van der Waals surface area contributed by atoms with Gasteiger partial charge in [-0.2, -0.15) is 5.41 Å². The second-order valence-electron chi connectivity index (χ2n) is 6.21. The van der Waals surface area contributed by atoms with Crippen molar-refractivity contribution in [3.05, 3.63) is 6.92 Å². The maximum absolute atomic E-state index is 8.37. The number of ether oxygens (including phenoxy) is 1. The molecule has 0 aromatic heterocycles. The van der Waals surface area contributed by atoms with Crippen LogP contribution in [0.2, 0.25) is 0 Å². The average molecular weight is 306 g/mol. The van der Waals surface area contributed by atoms with Crippen LogP contribution in [0.3, 0.4) is 0 Å². The molecular formula is C13H29O2Y-. The van der Waals surface area contributed by atoms with Crippen molar-refractivity contribution in [2.45, 2.75) is 48.0 Å². The van der Waals surface area contributed by atoms with Gasteiger partial charge in [0.15, 0.2) is 0 Å². The molecule has 0 unspecified atom stereocenters. The Morgan fingerprint density at radius 3 is 1.62 bits per heavy atom. The Bertz CT molecular complexity index is 128. The summed E-state index contributed by atoms with van der Waals surface area (Å²) in [5.41, 5.74) is 0.593. The molecule has 0 aliphatic heterocycles. The largest absolute Gasteiger partial charge is 0.394 e. The van der Waals surface area contributed by atoms with E-state index in [1.807, 2.05) is 0 Å². The van der Waals surface area contributed by atoms with Crippen molar-refractivity contribution in [3.63, 3.8) is 0 Å². The topological polar surface area (TPSA) is 29.5 Å². The molecule has 0 aliphatic carbocycles. The van der Waals surface area contributed by atoms with Crippen LogP contribution in [0.4, 0.5) is 0 Å². The first-order chi connectivity index (χ1) is 6.56. The van der Waals surface area contributed by atoms with Crippen LogP contribution < -0.4 is 0 Å². The Morgan fingerprint density at radius 1 is 1.00 bits per heavy atom. The van der Waals surface area contributed by atoms with E-state index in [1.165, 1.54) is 0 Å². The maximum Gasteiger partial charge on any atom is 0.0697 e. The predicted octanol–water partition coefficient (Wildman–Crippen LogP) is 3.30. The zero-order valence-corrected chi connectivity index (χ0v) is 14.8. The van der Waals surface area contributed by atoms with Gasteiger partial charge in [-0.15, -0.1) is 0 Å². The van der Waals surface area contributed by atoms with Gasteiger partial charge in [0, 0.05) is 39.3 Å².